The predicted molar refractivity (Wildman–Crippen MR) is 97.4 cm³/mol. The minimum absolute atomic E-state index is 0. The van der Waals surface area contributed by atoms with Gasteiger partial charge in [-0.15, -0.1) is 0 Å². The maximum atomic E-state index is 12.7. The Bertz CT molecular complexity index is 907. The van der Waals surface area contributed by atoms with Crippen LogP contribution < -0.4 is 28.7 Å². The number of ether oxygens (including phenoxy) is 2. The molecule has 2 aromatic rings. The first-order chi connectivity index (χ1) is 12.2. The van der Waals surface area contributed by atoms with Gasteiger partial charge >= 0.3 is 24.8 Å². The van der Waals surface area contributed by atoms with Gasteiger partial charge in [0, 0.05) is 0 Å². The van der Waals surface area contributed by atoms with Gasteiger partial charge in [-0.05, 0) is 55.2 Å². The summed E-state index contributed by atoms with van der Waals surface area (Å²) in [5.74, 6) is -1.32. The van der Waals surface area contributed by atoms with Crippen molar-refractivity contribution < 1.29 is 38.2 Å². The summed E-state index contributed by atoms with van der Waals surface area (Å²) in [6.07, 6.45) is 0. The molecule has 5 nitrogen and oxygen atoms in total. The van der Waals surface area contributed by atoms with E-state index < -0.39 is 28.8 Å². The Morgan fingerprint density at radius 2 is 1.74 bits per heavy atom. The summed E-state index contributed by atoms with van der Waals surface area (Å²) >= 11 is 0. The van der Waals surface area contributed by atoms with Gasteiger partial charge in [0.15, 0.2) is 0 Å². The fourth-order valence-corrected chi connectivity index (χ4v) is 2.54. The molecule has 0 aliphatic carbocycles. The second-order valence-corrected chi connectivity index (χ2v) is 7.05. The molecule has 0 aromatic heterocycles. The largest absolute Gasteiger partial charge is 1.00 e. The fourth-order valence-electron chi connectivity index (χ4n) is 2.54. The summed E-state index contributed by atoms with van der Waals surface area (Å²) in [6.45, 7) is 6.73. The van der Waals surface area contributed by atoms with Gasteiger partial charge in [0.25, 0.3) is 0 Å². The molecule has 2 aromatic carbocycles. The van der Waals surface area contributed by atoms with Crippen molar-refractivity contribution in [3.05, 3.63) is 53.3 Å². The zero-order valence-corrected chi connectivity index (χ0v) is 16.6. The number of methoxy groups -OCH3 is 1. The van der Waals surface area contributed by atoms with Crippen LogP contribution in [0.3, 0.4) is 0 Å². The van der Waals surface area contributed by atoms with E-state index in [2.05, 4.69) is 0 Å². The number of allylic oxidation sites excluding steroid dienone is 1. The van der Waals surface area contributed by atoms with Crippen LogP contribution in [-0.4, -0.2) is 18.7 Å². The number of benzene rings is 2. The molecule has 6 heteroatoms. The number of esters is 1. The number of fused-ring (bicyclic) bond motifs is 1. The van der Waals surface area contributed by atoms with Crippen LogP contribution in [0.15, 0.2) is 47.7 Å². The third-order valence-corrected chi connectivity index (χ3v) is 3.93. The molecule has 0 amide bonds. The molecule has 2 rings (SSSR count). The standard InChI is InChI=1S/C21H23NO4.Li/c1-13(19(23)18(12-22)20(24)26-21(2,3)4)14-6-7-16-11-17(25-5)9-8-15(16)10-14;/h6-11,13,23H,1-5H3;/q;+1/p-1. The third kappa shape index (κ3) is 5.53. The van der Waals surface area contributed by atoms with Gasteiger partial charge in [-0.2, -0.15) is 5.26 Å². The molecule has 27 heavy (non-hydrogen) atoms. The Labute approximate surface area is 171 Å². The Balaban J connectivity index is 0.00000364. The van der Waals surface area contributed by atoms with Gasteiger partial charge in [0.2, 0.25) is 0 Å². The Kier molecular flexibility index (Phi) is 7.54. The summed E-state index contributed by atoms with van der Waals surface area (Å²) in [7, 11) is 1.60. The van der Waals surface area contributed by atoms with Gasteiger partial charge in [-0.3, -0.25) is 0 Å². The van der Waals surface area contributed by atoms with E-state index in [1.165, 1.54) is 0 Å². The zero-order valence-electron chi connectivity index (χ0n) is 16.6. The van der Waals surface area contributed by atoms with Gasteiger partial charge in [-0.1, -0.05) is 36.9 Å². The molecule has 0 saturated heterocycles. The van der Waals surface area contributed by atoms with Crippen LogP contribution in [-0.2, 0) is 9.53 Å². The van der Waals surface area contributed by atoms with Crippen molar-refractivity contribution in [3.8, 4) is 11.8 Å². The van der Waals surface area contributed by atoms with Crippen LogP contribution in [0.25, 0.3) is 10.8 Å². The van der Waals surface area contributed by atoms with Gasteiger partial charge in [-0.25, -0.2) is 4.79 Å². The molecule has 0 N–H and O–H groups in total. The SMILES string of the molecule is COc1ccc2cc(C(C)C([O-])=C(C#N)C(=O)OC(C)(C)C)ccc2c1.[Li+]. The molecule has 1 unspecified atom stereocenters. The van der Waals surface area contributed by atoms with E-state index in [1.807, 2.05) is 36.4 Å². The molecule has 0 bridgehead atoms. The summed E-state index contributed by atoms with van der Waals surface area (Å²) < 4.78 is 10.4. The Morgan fingerprint density at radius 3 is 2.30 bits per heavy atom. The predicted octanol–water partition coefficient (Wildman–Crippen LogP) is 0.436. The van der Waals surface area contributed by atoms with Crippen LogP contribution in [0.5, 0.6) is 5.75 Å². The number of carbonyl (C=O) groups excluding carboxylic acids is 1. The zero-order chi connectivity index (χ0) is 19.5. The number of rotatable bonds is 4. The maximum Gasteiger partial charge on any atom is 1.00 e. The van der Waals surface area contributed by atoms with Crippen LogP contribution in [0, 0.1) is 11.3 Å². The number of hydrogen-bond acceptors (Lipinski definition) is 5. The summed E-state index contributed by atoms with van der Waals surface area (Å²) in [5, 5.41) is 23.8. The van der Waals surface area contributed by atoms with Crippen molar-refractivity contribution in [1.29, 1.82) is 5.26 Å². The average Bonchev–Trinajstić information content (AvgIpc) is 2.59. The molecule has 0 radical (unpaired) electrons. The van der Waals surface area contributed by atoms with Crippen molar-refractivity contribution in [1.82, 2.24) is 0 Å². The number of hydrogen-bond donors (Lipinski definition) is 0. The summed E-state index contributed by atoms with van der Waals surface area (Å²) in [4.78, 5) is 12.1. The number of carbonyl (C=O) groups is 1. The van der Waals surface area contributed by atoms with Crippen molar-refractivity contribution in [2.24, 2.45) is 0 Å². The van der Waals surface area contributed by atoms with E-state index in [4.69, 9.17) is 9.47 Å². The van der Waals surface area contributed by atoms with E-state index in [0.29, 0.717) is 0 Å². The monoisotopic (exact) mass is 359 g/mol. The number of nitriles is 1. The molecule has 0 spiro atoms. The third-order valence-electron chi connectivity index (χ3n) is 3.93. The second-order valence-electron chi connectivity index (χ2n) is 7.05. The maximum absolute atomic E-state index is 12.7. The van der Waals surface area contributed by atoms with Crippen molar-refractivity contribution in [2.45, 2.75) is 39.2 Å². The van der Waals surface area contributed by atoms with E-state index in [9.17, 15) is 15.2 Å². The average molecular weight is 359 g/mol. The molecular weight excluding hydrogens is 337 g/mol. The van der Waals surface area contributed by atoms with Gasteiger partial charge in [0.1, 0.15) is 23.0 Å². The molecular formula is C21H22LiNO4. The van der Waals surface area contributed by atoms with E-state index in [0.717, 1.165) is 22.1 Å². The molecule has 0 heterocycles. The first kappa shape index (κ1) is 22.6. The first-order valence-electron chi connectivity index (χ1n) is 8.28. The Morgan fingerprint density at radius 1 is 1.15 bits per heavy atom. The van der Waals surface area contributed by atoms with Gasteiger partial charge < -0.3 is 14.6 Å². The van der Waals surface area contributed by atoms with E-state index >= 15 is 0 Å². The Hall–Kier alpha value is -2.40. The molecule has 0 fully saturated rings. The smallest absolute Gasteiger partial charge is 0.874 e. The number of nitrogens with zero attached hydrogens (tertiary/aromatic N) is 1. The molecule has 0 aliphatic heterocycles. The van der Waals surface area contributed by atoms with Crippen LogP contribution in [0.2, 0.25) is 0 Å². The topological polar surface area (TPSA) is 82.4 Å². The molecule has 0 aliphatic rings. The normalized spacial score (nSPS) is 13.0. The second kappa shape index (κ2) is 9.00. The summed E-state index contributed by atoms with van der Waals surface area (Å²) in [6, 6.07) is 12.9. The van der Waals surface area contributed by atoms with Crippen LogP contribution in [0.4, 0.5) is 0 Å². The molecule has 136 valence electrons. The summed E-state index contributed by atoms with van der Waals surface area (Å²) in [5.41, 5.74) is -0.531. The fraction of sp³-hybridized carbons (Fsp3) is 0.333. The minimum atomic E-state index is -0.887. The molecule has 0 saturated carbocycles. The van der Waals surface area contributed by atoms with E-state index in [1.54, 1.807) is 40.9 Å². The van der Waals surface area contributed by atoms with Crippen molar-refractivity contribution in [2.75, 3.05) is 7.11 Å². The van der Waals surface area contributed by atoms with Crippen LogP contribution in [0.1, 0.15) is 39.2 Å². The molecule has 1 atom stereocenters. The first-order valence-corrected chi connectivity index (χ1v) is 8.28. The van der Waals surface area contributed by atoms with Crippen molar-refractivity contribution in [3.63, 3.8) is 0 Å². The quantitative estimate of drug-likeness (QED) is 0.260. The minimum Gasteiger partial charge on any atom is -0.874 e. The van der Waals surface area contributed by atoms with Crippen LogP contribution >= 0.6 is 0 Å². The van der Waals surface area contributed by atoms with Crippen molar-refractivity contribution >= 4 is 16.7 Å². The van der Waals surface area contributed by atoms with E-state index in [-0.39, 0.29) is 18.9 Å². The van der Waals surface area contributed by atoms with Gasteiger partial charge in [0.05, 0.1) is 7.11 Å².